The maximum Gasteiger partial charge on any atom is 0.243 e. The smallest absolute Gasteiger partial charge is 0.243 e. The Hall–Kier alpha value is -4.45. The van der Waals surface area contributed by atoms with Gasteiger partial charge in [0.2, 0.25) is 5.91 Å². The van der Waals surface area contributed by atoms with Crippen LogP contribution in [0.25, 0.3) is 0 Å². The van der Waals surface area contributed by atoms with Gasteiger partial charge in [-0.2, -0.15) is 0 Å². The highest BCUT2D eigenvalue weighted by molar-refractivity contribution is 5.94. The van der Waals surface area contributed by atoms with Crippen LogP contribution in [0, 0.1) is 0 Å². The number of carbonyl (C=O) groups excluding carboxylic acids is 1. The second-order valence-corrected chi connectivity index (χ2v) is 8.02. The molecule has 0 aliphatic carbocycles. The van der Waals surface area contributed by atoms with E-state index in [0.717, 1.165) is 17.9 Å². The van der Waals surface area contributed by atoms with Crippen LogP contribution in [0.2, 0.25) is 0 Å². The fraction of sp³-hybridized carbons (Fsp3) is 0.167. The second kappa shape index (κ2) is 13.4. The molecule has 0 bridgehead atoms. The molecule has 184 valence electrons. The third-order valence-corrected chi connectivity index (χ3v) is 5.30. The molecule has 1 amide bonds. The zero-order valence-electron chi connectivity index (χ0n) is 20.1. The van der Waals surface area contributed by atoms with Crippen molar-refractivity contribution in [1.82, 2.24) is 0 Å². The van der Waals surface area contributed by atoms with Crippen molar-refractivity contribution < 1.29 is 19.0 Å². The Morgan fingerprint density at radius 3 is 2.14 bits per heavy atom. The molecule has 2 N–H and O–H groups in total. The Labute approximate surface area is 211 Å². The molecule has 6 heteroatoms. The van der Waals surface area contributed by atoms with Crippen molar-refractivity contribution >= 4 is 17.3 Å². The zero-order chi connectivity index (χ0) is 24.8. The van der Waals surface area contributed by atoms with Gasteiger partial charge in [0, 0.05) is 18.2 Å². The van der Waals surface area contributed by atoms with E-state index in [1.165, 1.54) is 5.56 Å². The highest BCUT2D eigenvalue weighted by Gasteiger charge is 2.07. The molecule has 0 spiro atoms. The Balaban J connectivity index is 1.21. The third-order valence-electron chi connectivity index (χ3n) is 5.30. The molecule has 4 aromatic carbocycles. The summed E-state index contributed by atoms with van der Waals surface area (Å²) in [5.41, 5.74) is 2.65. The molecule has 0 radical (unpaired) electrons. The van der Waals surface area contributed by atoms with Crippen molar-refractivity contribution in [2.45, 2.75) is 6.42 Å². The summed E-state index contributed by atoms with van der Waals surface area (Å²) in [4.78, 5) is 12.5. The summed E-state index contributed by atoms with van der Waals surface area (Å²) >= 11 is 0. The van der Waals surface area contributed by atoms with Crippen LogP contribution in [-0.4, -0.2) is 32.3 Å². The van der Waals surface area contributed by atoms with E-state index in [1.807, 2.05) is 97.1 Å². The van der Waals surface area contributed by atoms with E-state index >= 15 is 0 Å². The minimum Gasteiger partial charge on any atom is -0.493 e. The first-order chi connectivity index (χ1) is 17.8. The molecule has 6 nitrogen and oxygen atoms in total. The lowest BCUT2D eigenvalue weighted by atomic mass is 10.2. The van der Waals surface area contributed by atoms with Crippen molar-refractivity contribution in [3.8, 4) is 17.2 Å². The Bertz CT molecular complexity index is 1220. The Morgan fingerprint density at radius 1 is 0.639 bits per heavy atom. The van der Waals surface area contributed by atoms with E-state index in [4.69, 9.17) is 14.2 Å². The molecule has 0 aliphatic heterocycles. The highest BCUT2D eigenvalue weighted by Crippen LogP contribution is 2.24. The number of ether oxygens (including phenoxy) is 3. The summed E-state index contributed by atoms with van der Waals surface area (Å²) < 4.78 is 17.4. The number of hydrogen-bond acceptors (Lipinski definition) is 5. The third kappa shape index (κ3) is 8.09. The Morgan fingerprint density at radius 2 is 1.31 bits per heavy atom. The van der Waals surface area contributed by atoms with Gasteiger partial charge in [-0.05, 0) is 42.0 Å². The van der Waals surface area contributed by atoms with E-state index < -0.39 is 0 Å². The summed E-state index contributed by atoms with van der Waals surface area (Å²) in [6.45, 7) is 1.47. The van der Waals surface area contributed by atoms with Gasteiger partial charge < -0.3 is 24.8 Å². The molecule has 0 aliphatic rings. The molecule has 0 saturated carbocycles. The lowest BCUT2D eigenvalue weighted by Gasteiger charge is -2.14. The maximum absolute atomic E-state index is 12.5. The van der Waals surface area contributed by atoms with Gasteiger partial charge in [-0.25, -0.2) is 0 Å². The number of hydrogen-bond donors (Lipinski definition) is 2. The van der Waals surface area contributed by atoms with Gasteiger partial charge in [0.25, 0.3) is 0 Å². The van der Waals surface area contributed by atoms with Crippen molar-refractivity contribution in [1.29, 1.82) is 0 Å². The monoisotopic (exact) mass is 482 g/mol. The summed E-state index contributed by atoms with van der Waals surface area (Å²) in [6.07, 6.45) is 0.821. The van der Waals surface area contributed by atoms with Crippen LogP contribution in [0.15, 0.2) is 109 Å². The quantitative estimate of drug-likeness (QED) is 0.235. The maximum atomic E-state index is 12.5. The van der Waals surface area contributed by atoms with Gasteiger partial charge >= 0.3 is 0 Å². The molecule has 36 heavy (non-hydrogen) atoms. The zero-order valence-corrected chi connectivity index (χ0v) is 20.1. The van der Waals surface area contributed by atoms with Crippen molar-refractivity contribution in [3.05, 3.63) is 115 Å². The second-order valence-electron chi connectivity index (χ2n) is 8.02. The molecular weight excluding hydrogens is 452 g/mol. The standard InChI is InChI=1S/C30H30N2O4/c33-30(32-25-12-9-15-27(22-25)34-19-18-24-10-3-1-4-11-24)23-31-28-16-7-8-17-29(28)36-21-20-35-26-13-5-2-6-14-26/h1-17,22,31H,18-21,23H2,(H,32,33). The lowest BCUT2D eigenvalue weighted by Crippen LogP contribution is -2.22. The topological polar surface area (TPSA) is 68.8 Å². The van der Waals surface area contributed by atoms with Gasteiger partial charge in [-0.1, -0.05) is 66.7 Å². The number of benzene rings is 4. The number of rotatable bonds is 13. The fourth-order valence-corrected chi connectivity index (χ4v) is 3.54. The molecule has 0 unspecified atom stereocenters. The Kier molecular flexibility index (Phi) is 9.21. The average Bonchev–Trinajstić information content (AvgIpc) is 2.92. The molecule has 0 saturated heterocycles. The number of nitrogens with one attached hydrogen (secondary N) is 2. The molecular formula is C30H30N2O4. The van der Waals surface area contributed by atoms with Crippen LogP contribution < -0.4 is 24.8 Å². The van der Waals surface area contributed by atoms with Gasteiger partial charge in [0.05, 0.1) is 18.8 Å². The van der Waals surface area contributed by atoms with Gasteiger partial charge in [-0.15, -0.1) is 0 Å². The summed E-state index contributed by atoms with van der Waals surface area (Å²) in [7, 11) is 0. The number of amides is 1. The number of carbonyl (C=O) groups is 1. The van der Waals surface area contributed by atoms with Crippen molar-refractivity contribution in [2.75, 3.05) is 37.0 Å². The lowest BCUT2D eigenvalue weighted by molar-refractivity contribution is -0.114. The summed E-state index contributed by atoms with van der Waals surface area (Å²) in [6, 6.07) is 34.7. The van der Waals surface area contributed by atoms with E-state index in [-0.39, 0.29) is 12.5 Å². The first-order valence-electron chi connectivity index (χ1n) is 12.0. The first-order valence-corrected chi connectivity index (χ1v) is 12.0. The van der Waals surface area contributed by atoms with Crippen LogP contribution >= 0.6 is 0 Å². The highest BCUT2D eigenvalue weighted by atomic mass is 16.5. The van der Waals surface area contributed by atoms with Gasteiger partial charge in [0.1, 0.15) is 30.5 Å². The molecule has 0 aromatic heterocycles. The summed E-state index contributed by atoms with van der Waals surface area (Å²) in [5.74, 6) is 2.01. The largest absolute Gasteiger partial charge is 0.493 e. The van der Waals surface area contributed by atoms with Crippen molar-refractivity contribution in [3.63, 3.8) is 0 Å². The van der Waals surface area contributed by atoms with Crippen LogP contribution in [0.4, 0.5) is 11.4 Å². The summed E-state index contributed by atoms with van der Waals surface area (Å²) in [5, 5.41) is 6.06. The molecule has 4 rings (SSSR count). The molecule has 4 aromatic rings. The minimum atomic E-state index is -0.168. The van der Waals surface area contributed by atoms with E-state index in [0.29, 0.717) is 37.0 Å². The van der Waals surface area contributed by atoms with Crippen LogP contribution in [-0.2, 0) is 11.2 Å². The van der Waals surface area contributed by atoms with E-state index in [1.54, 1.807) is 0 Å². The minimum absolute atomic E-state index is 0.0972. The van der Waals surface area contributed by atoms with Gasteiger partial charge in [-0.3, -0.25) is 4.79 Å². The predicted octanol–water partition coefficient (Wildman–Crippen LogP) is 5.82. The molecule has 0 heterocycles. The SMILES string of the molecule is O=C(CNc1ccccc1OCCOc1ccccc1)Nc1cccc(OCCc2ccccc2)c1. The normalized spacial score (nSPS) is 10.3. The molecule has 0 fully saturated rings. The van der Waals surface area contributed by atoms with E-state index in [2.05, 4.69) is 22.8 Å². The van der Waals surface area contributed by atoms with E-state index in [9.17, 15) is 4.79 Å². The van der Waals surface area contributed by atoms with Crippen LogP contribution in [0.3, 0.4) is 0 Å². The van der Waals surface area contributed by atoms with Gasteiger partial charge in [0.15, 0.2) is 0 Å². The number of anilines is 2. The van der Waals surface area contributed by atoms with Crippen LogP contribution in [0.5, 0.6) is 17.2 Å². The fourth-order valence-electron chi connectivity index (χ4n) is 3.54. The average molecular weight is 483 g/mol. The molecule has 0 atom stereocenters. The first kappa shape index (κ1) is 24.7. The van der Waals surface area contributed by atoms with Crippen LogP contribution in [0.1, 0.15) is 5.56 Å². The van der Waals surface area contributed by atoms with Crippen molar-refractivity contribution in [2.24, 2.45) is 0 Å². The predicted molar refractivity (Wildman–Crippen MR) is 143 cm³/mol. The number of para-hydroxylation sites is 3.